The highest BCUT2D eigenvalue weighted by Crippen LogP contribution is 2.38. The van der Waals surface area contributed by atoms with E-state index in [-0.39, 0.29) is 16.5 Å². The molecule has 0 saturated carbocycles. The molecular formula is C16H13F3O3S. The number of benzene rings is 2. The number of halogens is 3. The van der Waals surface area contributed by atoms with Gasteiger partial charge in [-0.05, 0) is 55.5 Å². The Morgan fingerprint density at radius 2 is 1.61 bits per heavy atom. The van der Waals surface area contributed by atoms with Crippen LogP contribution in [0.4, 0.5) is 13.2 Å². The number of para-hydroxylation sites is 1. The fraction of sp³-hybridized carbons (Fsp3) is 0.188. The molecule has 1 N–H and O–H groups in total. The van der Waals surface area contributed by atoms with Crippen LogP contribution in [0.25, 0.3) is 0 Å². The van der Waals surface area contributed by atoms with Crippen molar-refractivity contribution in [2.24, 2.45) is 0 Å². The van der Waals surface area contributed by atoms with Gasteiger partial charge in [-0.1, -0.05) is 12.1 Å². The van der Waals surface area contributed by atoms with Crippen molar-refractivity contribution in [2.45, 2.75) is 19.2 Å². The van der Waals surface area contributed by atoms with Gasteiger partial charge in [0.1, 0.15) is 17.2 Å². The molecule has 0 saturated heterocycles. The Kier molecular flexibility index (Phi) is 5.10. The van der Waals surface area contributed by atoms with Crippen LogP contribution in [0.5, 0.6) is 17.2 Å². The molecule has 7 heteroatoms. The number of hydrogen-bond acceptors (Lipinski definition) is 3. The van der Waals surface area contributed by atoms with Gasteiger partial charge in [-0.25, -0.2) is 0 Å². The third kappa shape index (κ3) is 4.59. The number of ether oxygens (including phenoxy) is 2. The molecule has 0 radical (unpaired) electrons. The third-order valence-corrected chi connectivity index (χ3v) is 3.24. The third-order valence-electron chi connectivity index (χ3n) is 2.90. The van der Waals surface area contributed by atoms with Gasteiger partial charge < -0.3 is 14.6 Å². The second kappa shape index (κ2) is 6.87. The fourth-order valence-electron chi connectivity index (χ4n) is 1.76. The first-order chi connectivity index (χ1) is 10.8. The molecule has 2 aromatic rings. The number of aliphatic hydroxyl groups is 1. The second-order valence-corrected chi connectivity index (χ2v) is 5.08. The maximum atomic E-state index is 12.9. The predicted octanol–water partition coefficient (Wildman–Crippen LogP) is 5.15. The molecule has 23 heavy (non-hydrogen) atoms. The molecule has 122 valence electrons. The lowest BCUT2D eigenvalue weighted by molar-refractivity contribution is -0.138. The van der Waals surface area contributed by atoms with Crippen LogP contribution in [0.15, 0.2) is 48.5 Å². The van der Waals surface area contributed by atoms with Crippen molar-refractivity contribution in [1.29, 1.82) is 0 Å². The lowest BCUT2D eigenvalue weighted by Crippen LogP contribution is -2.21. The van der Waals surface area contributed by atoms with E-state index in [0.717, 1.165) is 6.07 Å². The van der Waals surface area contributed by atoms with Crippen LogP contribution in [0, 0.1) is 0 Å². The van der Waals surface area contributed by atoms with Crippen LogP contribution < -0.4 is 9.47 Å². The van der Waals surface area contributed by atoms with E-state index < -0.39 is 17.8 Å². The minimum atomic E-state index is -4.49. The molecule has 0 bridgehead atoms. The van der Waals surface area contributed by atoms with Gasteiger partial charge in [0, 0.05) is 0 Å². The summed E-state index contributed by atoms with van der Waals surface area (Å²) in [6.45, 7) is 1.58. The molecule has 0 aromatic heterocycles. The number of thiocarbonyl (C=S) groups is 1. The van der Waals surface area contributed by atoms with Gasteiger partial charge in [-0.15, -0.1) is 0 Å². The lowest BCUT2D eigenvalue weighted by Gasteiger charge is -2.14. The summed E-state index contributed by atoms with van der Waals surface area (Å²) in [4.78, 5) is 0. The maximum Gasteiger partial charge on any atom is 0.419 e. The van der Waals surface area contributed by atoms with Gasteiger partial charge in [-0.3, -0.25) is 0 Å². The molecule has 1 atom stereocenters. The van der Waals surface area contributed by atoms with E-state index in [0.29, 0.717) is 5.75 Å². The highest BCUT2D eigenvalue weighted by molar-refractivity contribution is 7.80. The van der Waals surface area contributed by atoms with Crippen molar-refractivity contribution in [2.75, 3.05) is 0 Å². The predicted molar refractivity (Wildman–Crippen MR) is 83.3 cm³/mol. The maximum absolute atomic E-state index is 12.9. The van der Waals surface area contributed by atoms with Crippen molar-refractivity contribution >= 4 is 17.3 Å². The molecular weight excluding hydrogens is 329 g/mol. The van der Waals surface area contributed by atoms with E-state index in [9.17, 15) is 13.2 Å². The summed E-state index contributed by atoms with van der Waals surface area (Å²) in [7, 11) is 0. The van der Waals surface area contributed by atoms with Crippen molar-refractivity contribution in [1.82, 2.24) is 0 Å². The summed E-state index contributed by atoms with van der Waals surface area (Å²) in [5, 5.41) is 8.83. The zero-order chi connectivity index (χ0) is 17.0. The number of rotatable bonds is 5. The highest BCUT2D eigenvalue weighted by Gasteiger charge is 2.34. The zero-order valence-corrected chi connectivity index (χ0v) is 12.8. The molecule has 2 aromatic carbocycles. The van der Waals surface area contributed by atoms with E-state index >= 15 is 0 Å². The molecule has 0 heterocycles. The zero-order valence-electron chi connectivity index (χ0n) is 12.0. The summed E-state index contributed by atoms with van der Waals surface area (Å²) in [6, 6.07) is 10.9. The van der Waals surface area contributed by atoms with Gasteiger partial charge in [0.25, 0.3) is 0 Å². The van der Waals surface area contributed by atoms with Crippen molar-refractivity contribution in [3.05, 3.63) is 54.1 Å². The van der Waals surface area contributed by atoms with Gasteiger partial charge >= 0.3 is 6.18 Å². The van der Waals surface area contributed by atoms with Crippen LogP contribution in [-0.2, 0) is 6.18 Å². The first kappa shape index (κ1) is 17.1. The fourth-order valence-corrected chi connectivity index (χ4v) is 1.81. The number of hydrogen-bond donors (Lipinski definition) is 1. The molecule has 1 unspecified atom stereocenters. The Bertz CT molecular complexity index is 684. The van der Waals surface area contributed by atoms with E-state index in [1.165, 1.54) is 42.5 Å². The number of aliphatic hydroxyl groups excluding tert-OH is 1. The van der Waals surface area contributed by atoms with Gasteiger partial charge in [-0.2, -0.15) is 13.2 Å². The molecule has 0 aliphatic rings. The van der Waals surface area contributed by atoms with Gasteiger partial charge in [0.15, 0.2) is 11.2 Å². The quantitative estimate of drug-likeness (QED) is 0.763. The van der Waals surface area contributed by atoms with E-state index in [1.54, 1.807) is 6.92 Å². The monoisotopic (exact) mass is 342 g/mol. The average Bonchev–Trinajstić information content (AvgIpc) is 2.48. The topological polar surface area (TPSA) is 38.7 Å². The molecule has 0 fully saturated rings. The molecule has 0 aliphatic heterocycles. The van der Waals surface area contributed by atoms with E-state index in [1.807, 2.05) is 0 Å². The summed E-state index contributed by atoms with van der Waals surface area (Å²) in [5.74, 6) is 0.359. The van der Waals surface area contributed by atoms with Gasteiger partial charge in [0.2, 0.25) is 0 Å². The average molecular weight is 342 g/mol. The summed E-state index contributed by atoms with van der Waals surface area (Å²) >= 11 is 4.58. The van der Waals surface area contributed by atoms with Crippen LogP contribution in [-0.4, -0.2) is 16.3 Å². The van der Waals surface area contributed by atoms with E-state index in [2.05, 4.69) is 12.2 Å². The van der Waals surface area contributed by atoms with Gasteiger partial charge in [0.05, 0.1) is 5.56 Å². The Morgan fingerprint density at radius 3 is 2.17 bits per heavy atom. The minimum absolute atomic E-state index is 0.230. The smallest absolute Gasteiger partial charge is 0.419 e. The van der Waals surface area contributed by atoms with Crippen LogP contribution in [0.2, 0.25) is 0 Å². The van der Waals surface area contributed by atoms with Crippen LogP contribution in [0.3, 0.4) is 0 Å². The normalized spacial score (nSPS) is 12.5. The SMILES string of the molecule is CC(Oc1ccc(Oc2ccccc2C(F)(F)F)cc1)C(O)=S. The highest BCUT2D eigenvalue weighted by atomic mass is 32.1. The Labute approximate surface area is 136 Å². The first-order valence-corrected chi connectivity index (χ1v) is 7.02. The molecule has 0 amide bonds. The molecule has 0 aliphatic carbocycles. The summed E-state index contributed by atoms with van der Waals surface area (Å²) in [6.07, 6.45) is -5.16. The standard InChI is InChI=1S/C16H13F3O3S/c1-10(15(20)23)21-11-6-8-12(9-7-11)22-14-5-3-2-4-13(14)16(17,18)19/h2-10H,1H3,(H,20,23). The largest absolute Gasteiger partial charge is 0.499 e. The molecule has 0 spiro atoms. The minimum Gasteiger partial charge on any atom is -0.499 e. The number of alkyl halides is 3. The Balaban J connectivity index is 2.15. The second-order valence-electron chi connectivity index (χ2n) is 4.67. The molecule has 2 rings (SSSR count). The first-order valence-electron chi connectivity index (χ1n) is 6.61. The van der Waals surface area contributed by atoms with Crippen molar-refractivity contribution in [3.63, 3.8) is 0 Å². The van der Waals surface area contributed by atoms with Crippen LogP contribution >= 0.6 is 12.2 Å². The molecule has 3 nitrogen and oxygen atoms in total. The van der Waals surface area contributed by atoms with E-state index in [4.69, 9.17) is 14.6 Å². The lowest BCUT2D eigenvalue weighted by atomic mass is 10.2. The van der Waals surface area contributed by atoms with Crippen molar-refractivity contribution in [3.8, 4) is 17.2 Å². The summed E-state index contributed by atoms with van der Waals surface area (Å²) in [5.41, 5.74) is -0.848. The Morgan fingerprint density at radius 1 is 1.04 bits per heavy atom. The van der Waals surface area contributed by atoms with Crippen LogP contribution in [0.1, 0.15) is 12.5 Å². The summed E-state index contributed by atoms with van der Waals surface area (Å²) < 4.78 is 49.3. The Hall–Kier alpha value is -2.28. The van der Waals surface area contributed by atoms with Crippen molar-refractivity contribution < 1.29 is 27.8 Å².